The van der Waals surface area contributed by atoms with E-state index in [2.05, 4.69) is 54.5 Å². The maximum Gasteiger partial charge on any atom is 0.312 e. The number of hydrogen-bond donors (Lipinski definition) is 1. The van der Waals surface area contributed by atoms with E-state index in [0.29, 0.717) is 30.1 Å². The number of Topliss-reactive ketones (excluding diaryl/α,β-unsaturated/α-hetero) is 1. The Kier molecular flexibility index (Phi) is 5.59. The first-order valence-electron chi connectivity index (χ1n) is 14.2. The number of carbonyl (C=O) groups is 2. The Labute approximate surface area is 212 Å². The molecule has 0 heterocycles. The highest BCUT2D eigenvalue weighted by molar-refractivity contribution is 5.89. The minimum absolute atomic E-state index is 0.00260. The molecule has 5 aliphatic carbocycles. The van der Waals surface area contributed by atoms with E-state index in [1.807, 2.05) is 0 Å². The van der Waals surface area contributed by atoms with E-state index in [1.165, 1.54) is 5.57 Å². The van der Waals surface area contributed by atoms with Crippen LogP contribution in [-0.4, -0.2) is 30.1 Å². The van der Waals surface area contributed by atoms with Gasteiger partial charge in [-0.2, -0.15) is 0 Å². The second-order valence-electron chi connectivity index (χ2n) is 14.6. The number of allylic oxidation sites excluding steroid dienone is 2. The molecule has 0 aromatic heterocycles. The molecule has 0 bridgehead atoms. The van der Waals surface area contributed by atoms with Gasteiger partial charge in [0.05, 0.1) is 12.5 Å². The smallest absolute Gasteiger partial charge is 0.312 e. The monoisotopic (exact) mass is 484 g/mol. The average Bonchev–Trinajstić information content (AvgIpc) is 2.79. The van der Waals surface area contributed by atoms with E-state index in [1.54, 1.807) is 7.11 Å². The normalized spacial score (nSPS) is 52.8. The summed E-state index contributed by atoms with van der Waals surface area (Å²) < 4.78 is 5.48. The molecule has 35 heavy (non-hydrogen) atoms. The van der Waals surface area contributed by atoms with E-state index in [0.717, 1.165) is 44.9 Å². The summed E-state index contributed by atoms with van der Waals surface area (Å²) in [5.41, 5.74) is 0.692. The van der Waals surface area contributed by atoms with Gasteiger partial charge in [-0.1, -0.05) is 60.1 Å². The summed E-state index contributed by atoms with van der Waals surface area (Å²) in [7, 11) is 1.57. The van der Waals surface area contributed by atoms with Gasteiger partial charge in [-0.05, 0) is 97.2 Å². The molecule has 0 aromatic rings. The summed E-state index contributed by atoms with van der Waals surface area (Å²) in [6, 6.07) is 0. The first-order chi connectivity index (χ1) is 16.2. The summed E-state index contributed by atoms with van der Waals surface area (Å²) >= 11 is 0. The molecular formula is C31H48O4. The van der Waals surface area contributed by atoms with Gasteiger partial charge in [0.2, 0.25) is 0 Å². The predicted octanol–water partition coefficient (Wildman–Crippen LogP) is 6.36. The molecule has 5 aliphatic rings. The molecule has 4 saturated carbocycles. The van der Waals surface area contributed by atoms with Crippen molar-refractivity contribution in [2.24, 2.45) is 56.7 Å². The average molecular weight is 485 g/mol. The van der Waals surface area contributed by atoms with Crippen LogP contribution in [0.2, 0.25) is 0 Å². The van der Waals surface area contributed by atoms with Crippen molar-refractivity contribution >= 4 is 11.8 Å². The van der Waals surface area contributed by atoms with Crippen LogP contribution in [0.15, 0.2) is 11.6 Å². The van der Waals surface area contributed by atoms with Crippen LogP contribution in [0, 0.1) is 56.7 Å². The number of hydrogen-bond acceptors (Lipinski definition) is 4. The molecule has 0 spiro atoms. The van der Waals surface area contributed by atoms with E-state index in [-0.39, 0.29) is 39.3 Å². The van der Waals surface area contributed by atoms with Crippen LogP contribution < -0.4 is 0 Å². The number of carbonyl (C=O) groups excluding carboxylic acids is 2. The first-order valence-corrected chi connectivity index (χ1v) is 14.2. The van der Waals surface area contributed by atoms with Gasteiger partial charge in [0.15, 0.2) is 5.78 Å². The second-order valence-corrected chi connectivity index (χ2v) is 14.6. The maximum absolute atomic E-state index is 13.4. The van der Waals surface area contributed by atoms with Gasteiger partial charge in [-0.15, -0.1) is 0 Å². The summed E-state index contributed by atoms with van der Waals surface area (Å²) in [5, 5.41) is 10.9. The van der Waals surface area contributed by atoms with Crippen molar-refractivity contribution in [1.82, 2.24) is 0 Å². The Balaban J connectivity index is 1.63. The van der Waals surface area contributed by atoms with Gasteiger partial charge in [-0.25, -0.2) is 0 Å². The van der Waals surface area contributed by atoms with Crippen molar-refractivity contribution in [3.63, 3.8) is 0 Å². The zero-order valence-corrected chi connectivity index (χ0v) is 23.4. The van der Waals surface area contributed by atoms with Crippen molar-refractivity contribution in [3.8, 4) is 0 Å². The van der Waals surface area contributed by atoms with Crippen LogP contribution in [-0.2, 0) is 14.3 Å². The number of rotatable bonds is 1. The highest BCUT2D eigenvalue weighted by Gasteiger charge is 2.70. The summed E-state index contributed by atoms with van der Waals surface area (Å²) in [6.45, 7) is 16.3. The Morgan fingerprint density at radius 3 is 2.34 bits per heavy atom. The van der Waals surface area contributed by atoms with Crippen LogP contribution in [0.25, 0.3) is 0 Å². The molecule has 1 N–H and O–H groups in total. The van der Waals surface area contributed by atoms with Crippen LogP contribution in [0.3, 0.4) is 0 Å². The van der Waals surface area contributed by atoms with Gasteiger partial charge >= 0.3 is 5.97 Å². The molecule has 0 amide bonds. The van der Waals surface area contributed by atoms with E-state index >= 15 is 0 Å². The van der Waals surface area contributed by atoms with Gasteiger partial charge in [0, 0.05) is 5.41 Å². The molecular weight excluding hydrogens is 436 g/mol. The highest BCUT2D eigenvalue weighted by Crippen LogP contribution is 2.75. The molecule has 2 unspecified atom stereocenters. The number of esters is 1. The zero-order valence-electron chi connectivity index (χ0n) is 23.4. The van der Waals surface area contributed by atoms with Crippen LogP contribution in [0.1, 0.15) is 99.8 Å². The fraction of sp³-hybridized carbons (Fsp3) is 0.871. The molecule has 4 nitrogen and oxygen atoms in total. The van der Waals surface area contributed by atoms with Crippen molar-refractivity contribution < 1.29 is 19.4 Å². The molecule has 10 atom stereocenters. The molecule has 5 rings (SSSR count). The summed E-state index contributed by atoms with van der Waals surface area (Å²) in [6.07, 6.45) is 9.35. The number of aliphatic hydroxyl groups is 1. The van der Waals surface area contributed by atoms with Crippen molar-refractivity contribution in [2.45, 2.75) is 106 Å². The lowest BCUT2D eigenvalue weighted by atomic mass is 9.33. The van der Waals surface area contributed by atoms with Gasteiger partial charge in [-0.3, -0.25) is 9.59 Å². The van der Waals surface area contributed by atoms with E-state index in [4.69, 9.17) is 4.74 Å². The molecule has 0 radical (unpaired) electrons. The molecule has 0 aliphatic heterocycles. The molecule has 4 fully saturated rings. The number of fused-ring (bicyclic) bond motifs is 7. The first kappa shape index (κ1) is 25.5. The number of aliphatic hydroxyl groups excluding tert-OH is 1. The van der Waals surface area contributed by atoms with E-state index in [9.17, 15) is 14.7 Å². The fourth-order valence-corrected chi connectivity index (χ4v) is 11.0. The zero-order chi connectivity index (χ0) is 25.8. The minimum Gasteiger partial charge on any atom is -0.469 e. The maximum atomic E-state index is 13.4. The lowest BCUT2D eigenvalue weighted by Gasteiger charge is -2.71. The minimum atomic E-state index is -0.857. The standard InChI is InChI=1S/C31H48O4/c1-18-11-14-31(26(34)35-8)16-15-29(6)20(24(31)19(18)2)9-10-23-28(5)17-21(32)25(33)27(3,4)22(28)12-13-30(23,29)7/h9,18-19,21-24,32H,10-17H2,1-8H3/t18-,19+,21-,22?,23?,24+,28+,29-,30-,31+/m1/s1. The Morgan fingerprint density at radius 1 is 1.00 bits per heavy atom. The van der Waals surface area contributed by atoms with Crippen LogP contribution >= 0.6 is 0 Å². The quantitative estimate of drug-likeness (QED) is 0.348. The molecule has 0 aromatic carbocycles. The van der Waals surface area contributed by atoms with Gasteiger partial charge < -0.3 is 9.84 Å². The third kappa shape index (κ3) is 2.95. The third-order valence-corrected chi connectivity index (χ3v) is 13.3. The lowest BCUT2D eigenvalue weighted by molar-refractivity contribution is -0.202. The third-order valence-electron chi connectivity index (χ3n) is 13.3. The van der Waals surface area contributed by atoms with Crippen molar-refractivity contribution in [1.29, 1.82) is 0 Å². The largest absolute Gasteiger partial charge is 0.469 e. The van der Waals surface area contributed by atoms with Gasteiger partial charge in [0.1, 0.15) is 6.10 Å². The van der Waals surface area contributed by atoms with Crippen molar-refractivity contribution in [3.05, 3.63) is 11.6 Å². The summed E-state index contributed by atoms with van der Waals surface area (Å²) in [5.74, 6) is 2.06. The van der Waals surface area contributed by atoms with Crippen molar-refractivity contribution in [2.75, 3.05) is 7.11 Å². The highest BCUT2D eigenvalue weighted by atomic mass is 16.5. The Morgan fingerprint density at radius 2 is 1.69 bits per heavy atom. The number of ketones is 1. The van der Waals surface area contributed by atoms with Crippen LogP contribution in [0.4, 0.5) is 0 Å². The SMILES string of the molecule is COC(=O)[C@]12CC[C@@H](C)[C@H](C)[C@H]1C1=CCC3[C@@]4(C)C[C@@H](O)C(=O)C(C)(C)C4CC[C@@]3(C)[C@]1(C)CC2. The Hall–Kier alpha value is -1.16. The number of ether oxygens (including phenoxy) is 1. The van der Waals surface area contributed by atoms with E-state index < -0.39 is 11.5 Å². The van der Waals surface area contributed by atoms with Gasteiger partial charge in [0.25, 0.3) is 0 Å². The predicted molar refractivity (Wildman–Crippen MR) is 137 cm³/mol. The van der Waals surface area contributed by atoms with Crippen LogP contribution in [0.5, 0.6) is 0 Å². The molecule has 196 valence electrons. The topological polar surface area (TPSA) is 63.6 Å². The molecule has 4 heteroatoms. The summed E-state index contributed by atoms with van der Waals surface area (Å²) in [4.78, 5) is 26.4. The second kappa shape index (κ2) is 7.68. The molecule has 0 saturated heterocycles. The fourth-order valence-electron chi connectivity index (χ4n) is 11.0. The lowest BCUT2D eigenvalue weighted by Crippen LogP contribution is -2.66. The Bertz CT molecular complexity index is 965. The number of methoxy groups -OCH3 is 1.